The van der Waals surface area contributed by atoms with E-state index in [9.17, 15) is 10.1 Å². The summed E-state index contributed by atoms with van der Waals surface area (Å²) in [5.41, 5.74) is 2.58. The van der Waals surface area contributed by atoms with Crippen molar-refractivity contribution in [1.82, 2.24) is 19.3 Å². The predicted molar refractivity (Wildman–Crippen MR) is 120 cm³/mol. The fraction of sp³-hybridized carbons (Fsp3) is 0.619. The van der Waals surface area contributed by atoms with E-state index in [0.717, 1.165) is 43.1 Å². The Morgan fingerprint density at radius 3 is 2.65 bits per heavy atom. The molecule has 2 aromatic rings. The number of anilines is 2. The quantitative estimate of drug-likeness (QED) is 0.685. The van der Waals surface area contributed by atoms with Crippen molar-refractivity contribution in [3.63, 3.8) is 0 Å². The molecule has 2 fully saturated rings. The van der Waals surface area contributed by atoms with Gasteiger partial charge in [0.1, 0.15) is 11.9 Å². The molecule has 9 nitrogen and oxygen atoms in total. The van der Waals surface area contributed by atoms with Crippen LogP contribution in [0.25, 0.3) is 0 Å². The molecule has 3 heterocycles. The molecule has 1 aliphatic carbocycles. The van der Waals surface area contributed by atoms with Gasteiger partial charge < -0.3 is 19.5 Å². The zero-order valence-electron chi connectivity index (χ0n) is 18.3. The smallest absolute Gasteiger partial charge is 0.235 e. The van der Waals surface area contributed by atoms with E-state index in [-0.39, 0.29) is 11.7 Å². The molecule has 0 radical (unpaired) electrons. The molecule has 4 rings (SSSR count). The van der Waals surface area contributed by atoms with Crippen LogP contribution in [0.1, 0.15) is 48.5 Å². The normalized spacial score (nSPS) is 17.2. The Morgan fingerprint density at radius 1 is 1.26 bits per heavy atom. The summed E-state index contributed by atoms with van der Waals surface area (Å²) in [6, 6.07) is 2.64. The van der Waals surface area contributed by atoms with Gasteiger partial charge in [0, 0.05) is 31.9 Å². The average molecular weight is 444 g/mol. The van der Waals surface area contributed by atoms with Crippen LogP contribution < -0.4 is 10.2 Å². The maximum absolute atomic E-state index is 12.8. The summed E-state index contributed by atoms with van der Waals surface area (Å²) in [7, 11) is 1.91. The highest BCUT2D eigenvalue weighted by molar-refractivity contribution is 7.99. The van der Waals surface area contributed by atoms with Gasteiger partial charge in [-0.25, -0.2) is 0 Å². The number of amides is 1. The van der Waals surface area contributed by atoms with E-state index >= 15 is 0 Å². The summed E-state index contributed by atoms with van der Waals surface area (Å²) in [5.74, 6) is 1.49. The second-order valence-corrected chi connectivity index (χ2v) is 9.07. The zero-order chi connectivity index (χ0) is 22.0. The highest BCUT2D eigenvalue weighted by Gasteiger charge is 2.27. The Kier molecular flexibility index (Phi) is 6.53. The fourth-order valence-corrected chi connectivity index (χ4v) is 5.18. The molecule has 0 unspecified atom stereocenters. The van der Waals surface area contributed by atoms with Crippen LogP contribution in [0, 0.1) is 25.2 Å². The Balaban J connectivity index is 1.46. The van der Waals surface area contributed by atoms with E-state index in [1.807, 2.05) is 25.5 Å². The number of carbonyl (C=O) groups is 1. The molecule has 1 saturated heterocycles. The van der Waals surface area contributed by atoms with Gasteiger partial charge in [-0.05, 0) is 32.3 Å². The van der Waals surface area contributed by atoms with E-state index in [1.54, 1.807) is 0 Å². The molecule has 0 aromatic carbocycles. The van der Waals surface area contributed by atoms with E-state index in [0.29, 0.717) is 35.8 Å². The van der Waals surface area contributed by atoms with E-state index < -0.39 is 0 Å². The van der Waals surface area contributed by atoms with Crippen LogP contribution in [0.3, 0.4) is 0 Å². The summed E-state index contributed by atoms with van der Waals surface area (Å²) in [6.07, 6.45) is 4.54. The third-order valence-electron chi connectivity index (χ3n) is 6.25. The monoisotopic (exact) mass is 443 g/mol. The Morgan fingerprint density at radius 2 is 1.97 bits per heavy atom. The lowest BCUT2D eigenvalue weighted by Gasteiger charge is -2.27. The van der Waals surface area contributed by atoms with Gasteiger partial charge in [0.25, 0.3) is 0 Å². The van der Waals surface area contributed by atoms with Crippen LogP contribution in [0.15, 0.2) is 5.16 Å². The number of rotatable bonds is 6. The fourth-order valence-electron chi connectivity index (χ4n) is 4.48. The Hall–Kier alpha value is -2.51. The summed E-state index contributed by atoms with van der Waals surface area (Å²) >= 11 is 1.35. The van der Waals surface area contributed by atoms with Gasteiger partial charge in [0.15, 0.2) is 5.16 Å². The van der Waals surface area contributed by atoms with Crippen LogP contribution in [-0.4, -0.2) is 57.3 Å². The maximum atomic E-state index is 12.8. The van der Waals surface area contributed by atoms with Gasteiger partial charge in [-0.15, -0.1) is 10.2 Å². The molecule has 1 amide bonds. The SMILES string of the molecule is Cc1c(C#N)c(NC(=O)CSc2nnc(N3CCOCC3)n2C)n(C2CCCC2)c1C. The number of morpholine rings is 1. The lowest BCUT2D eigenvalue weighted by molar-refractivity contribution is -0.113. The molecule has 1 saturated carbocycles. The molecule has 1 aliphatic heterocycles. The molecule has 166 valence electrons. The molecule has 0 spiro atoms. The third kappa shape index (κ3) is 4.29. The van der Waals surface area contributed by atoms with Gasteiger partial charge in [-0.2, -0.15) is 5.26 Å². The largest absolute Gasteiger partial charge is 0.378 e. The number of hydrogen-bond acceptors (Lipinski definition) is 7. The minimum absolute atomic E-state index is 0.144. The highest BCUT2D eigenvalue weighted by Crippen LogP contribution is 2.37. The first-order valence-corrected chi connectivity index (χ1v) is 11.8. The van der Waals surface area contributed by atoms with Crippen molar-refractivity contribution in [3.8, 4) is 6.07 Å². The first-order valence-electron chi connectivity index (χ1n) is 10.8. The molecule has 2 aromatic heterocycles. The maximum Gasteiger partial charge on any atom is 0.235 e. The first-order chi connectivity index (χ1) is 15.0. The topological polar surface area (TPSA) is 101 Å². The number of thioether (sulfide) groups is 1. The molecule has 1 N–H and O–H groups in total. The van der Waals surface area contributed by atoms with Crippen LogP contribution in [0.2, 0.25) is 0 Å². The number of nitrogens with zero attached hydrogens (tertiary/aromatic N) is 6. The molecule has 2 aliphatic rings. The number of nitriles is 1. The van der Waals surface area contributed by atoms with Crippen molar-refractivity contribution in [2.24, 2.45) is 7.05 Å². The Labute approximate surface area is 186 Å². The number of aromatic nitrogens is 4. The molecular weight excluding hydrogens is 414 g/mol. The van der Waals surface area contributed by atoms with Gasteiger partial charge in [0.05, 0.1) is 24.5 Å². The molecule has 10 heteroatoms. The van der Waals surface area contributed by atoms with Gasteiger partial charge >= 0.3 is 0 Å². The average Bonchev–Trinajstić information content (AvgIpc) is 3.47. The standard InChI is InChI=1S/C21H29N7O2S/c1-14-15(2)28(16-6-4-5-7-16)19(17(14)12-22)23-18(29)13-31-21-25-24-20(26(21)3)27-8-10-30-11-9-27/h16H,4-11,13H2,1-3H3,(H,23,29). The van der Waals surface area contributed by atoms with Crippen molar-refractivity contribution < 1.29 is 9.53 Å². The zero-order valence-corrected chi connectivity index (χ0v) is 19.2. The van der Waals surface area contributed by atoms with Crippen molar-refractivity contribution in [2.75, 3.05) is 42.3 Å². The van der Waals surface area contributed by atoms with Gasteiger partial charge in [-0.1, -0.05) is 24.6 Å². The number of hydrogen-bond donors (Lipinski definition) is 1. The van der Waals surface area contributed by atoms with E-state index in [2.05, 4.69) is 31.1 Å². The Bertz CT molecular complexity index is 995. The van der Waals surface area contributed by atoms with Crippen LogP contribution in [0.4, 0.5) is 11.8 Å². The minimum atomic E-state index is -0.144. The van der Waals surface area contributed by atoms with E-state index in [1.165, 1.54) is 24.6 Å². The third-order valence-corrected chi connectivity index (χ3v) is 7.27. The van der Waals surface area contributed by atoms with Crippen molar-refractivity contribution in [1.29, 1.82) is 5.26 Å². The van der Waals surface area contributed by atoms with Crippen molar-refractivity contribution >= 4 is 29.4 Å². The van der Waals surface area contributed by atoms with Crippen LogP contribution in [-0.2, 0) is 16.6 Å². The first kappa shape index (κ1) is 21.7. The summed E-state index contributed by atoms with van der Waals surface area (Å²) in [4.78, 5) is 15.0. The number of nitrogens with one attached hydrogen (secondary N) is 1. The van der Waals surface area contributed by atoms with Crippen LogP contribution >= 0.6 is 11.8 Å². The highest BCUT2D eigenvalue weighted by atomic mass is 32.2. The van der Waals surface area contributed by atoms with Crippen molar-refractivity contribution in [2.45, 2.75) is 50.7 Å². The summed E-state index contributed by atoms with van der Waals surface area (Å²) in [5, 5.41) is 22.0. The van der Waals surface area contributed by atoms with Crippen molar-refractivity contribution in [3.05, 3.63) is 16.8 Å². The number of carbonyl (C=O) groups excluding carboxylic acids is 1. The molecule has 0 atom stereocenters. The minimum Gasteiger partial charge on any atom is -0.378 e. The molecular formula is C21H29N7O2S. The lowest BCUT2D eigenvalue weighted by Crippen LogP contribution is -2.37. The summed E-state index contributed by atoms with van der Waals surface area (Å²) < 4.78 is 9.48. The lowest BCUT2D eigenvalue weighted by atomic mass is 10.2. The molecule has 31 heavy (non-hydrogen) atoms. The second kappa shape index (κ2) is 9.32. The van der Waals surface area contributed by atoms with E-state index in [4.69, 9.17) is 4.74 Å². The second-order valence-electron chi connectivity index (χ2n) is 8.13. The van der Waals surface area contributed by atoms with Gasteiger partial charge in [0.2, 0.25) is 11.9 Å². The van der Waals surface area contributed by atoms with Gasteiger partial charge in [-0.3, -0.25) is 9.36 Å². The molecule has 0 bridgehead atoms. The van der Waals surface area contributed by atoms with Crippen LogP contribution in [0.5, 0.6) is 0 Å². The predicted octanol–water partition coefficient (Wildman–Crippen LogP) is 2.79. The number of ether oxygens (including phenoxy) is 1. The summed E-state index contributed by atoms with van der Waals surface area (Å²) in [6.45, 7) is 6.91.